The summed E-state index contributed by atoms with van der Waals surface area (Å²) in [4.78, 5) is 24.1. The average molecular weight is 441 g/mol. The Balaban J connectivity index is 1.30. The van der Waals surface area contributed by atoms with Gasteiger partial charge < -0.3 is 10.2 Å². The van der Waals surface area contributed by atoms with Crippen LogP contribution in [0.3, 0.4) is 0 Å². The number of fused-ring (bicyclic) bond motifs is 3. The van der Waals surface area contributed by atoms with Crippen LogP contribution < -0.4 is 10.2 Å². The van der Waals surface area contributed by atoms with Gasteiger partial charge in [0.05, 0.1) is 15.6 Å². The Kier molecular flexibility index (Phi) is 5.54. The maximum atomic E-state index is 14.4. The molecule has 31 heavy (non-hydrogen) atoms. The van der Waals surface area contributed by atoms with Gasteiger partial charge in [-0.15, -0.1) is 11.3 Å². The van der Waals surface area contributed by atoms with Crippen molar-refractivity contribution >= 4 is 43.4 Å². The maximum absolute atomic E-state index is 14.4. The molecule has 5 nitrogen and oxygen atoms in total. The Labute approximate surface area is 186 Å². The van der Waals surface area contributed by atoms with Crippen LogP contribution >= 0.6 is 11.3 Å². The third-order valence-electron chi connectivity index (χ3n) is 7.41. The number of carbonyl (C=O) groups is 1. The molecule has 3 aromatic rings. The molecule has 1 saturated carbocycles. The Morgan fingerprint density at radius 2 is 1.97 bits per heavy atom. The summed E-state index contributed by atoms with van der Waals surface area (Å²) in [6, 6.07) is 5.45. The van der Waals surface area contributed by atoms with Crippen molar-refractivity contribution in [2.24, 2.45) is 17.8 Å². The fourth-order valence-corrected chi connectivity index (χ4v) is 6.42. The van der Waals surface area contributed by atoms with Crippen LogP contribution in [0, 0.1) is 23.6 Å². The summed E-state index contributed by atoms with van der Waals surface area (Å²) < 4.78 is 16.2. The first kappa shape index (κ1) is 20.6. The Morgan fingerprint density at radius 3 is 2.77 bits per heavy atom. The topological polar surface area (TPSA) is 58.1 Å². The van der Waals surface area contributed by atoms with Crippen LogP contribution in [-0.4, -0.2) is 35.0 Å². The number of rotatable bonds is 3. The highest BCUT2D eigenvalue weighted by Crippen LogP contribution is 2.39. The van der Waals surface area contributed by atoms with Gasteiger partial charge in [0.1, 0.15) is 18.0 Å². The van der Waals surface area contributed by atoms with Crippen molar-refractivity contribution in [3.05, 3.63) is 30.3 Å². The number of benzene rings is 1. The number of nitrogens with zero attached hydrogens (tertiary/aromatic N) is 3. The van der Waals surface area contributed by atoms with Crippen molar-refractivity contribution in [3.8, 4) is 0 Å². The van der Waals surface area contributed by atoms with Gasteiger partial charge in [-0.2, -0.15) is 0 Å². The second-order valence-electron chi connectivity index (χ2n) is 9.23. The molecule has 5 rings (SSSR count). The fourth-order valence-electron chi connectivity index (χ4n) is 5.23. The molecule has 2 fully saturated rings. The second-order valence-corrected chi connectivity index (χ2v) is 10.3. The van der Waals surface area contributed by atoms with E-state index >= 15 is 0 Å². The standard InChI is InChI=1S/C24H29FN4OS/c1-14-5-3-7-18(15(14)2)28-24(30)16-9-11-29(12-10-16)23-22-21(26-13-27-23)20-17(25)6-4-8-19(20)31-22/h4,6,8,13-16,18H,3,5,7,9-12H2,1-2H3,(H,28,30). The summed E-state index contributed by atoms with van der Waals surface area (Å²) in [6.07, 6.45) is 6.72. The highest BCUT2D eigenvalue weighted by Gasteiger charge is 2.32. The molecule has 0 spiro atoms. The van der Waals surface area contributed by atoms with E-state index in [2.05, 4.69) is 34.0 Å². The number of piperidine rings is 1. The van der Waals surface area contributed by atoms with Crippen molar-refractivity contribution in [1.82, 2.24) is 15.3 Å². The first-order valence-electron chi connectivity index (χ1n) is 11.4. The molecule has 0 radical (unpaired) electrons. The molecule has 1 aliphatic carbocycles. The summed E-state index contributed by atoms with van der Waals surface area (Å²) in [5, 5.41) is 3.93. The Morgan fingerprint density at radius 1 is 1.16 bits per heavy atom. The van der Waals surface area contributed by atoms with Gasteiger partial charge in [-0.1, -0.05) is 32.8 Å². The van der Waals surface area contributed by atoms with Crippen LogP contribution in [0.25, 0.3) is 20.3 Å². The zero-order chi connectivity index (χ0) is 21.5. The summed E-state index contributed by atoms with van der Waals surface area (Å²) in [5.41, 5.74) is 0.684. The van der Waals surface area contributed by atoms with Crippen molar-refractivity contribution in [2.75, 3.05) is 18.0 Å². The number of halogens is 1. The van der Waals surface area contributed by atoms with Crippen molar-refractivity contribution in [3.63, 3.8) is 0 Å². The van der Waals surface area contributed by atoms with E-state index in [1.54, 1.807) is 17.4 Å². The first-order valence-corrected chi connectivity index (χ1v) is 12.2. The van der Waals surface area contributed by atoms with Crippen LogP contribution in [0.2, 0.25) is 0 Å². The van der Waals surface area contributed by atoms with E-state index < -0.39 is 0 Å². The highest BCUT2D eigenvalue weighted by atomic mass is 32.1. The van der Waals surface area contributed by atoms with Crippen LogP contribution in [-0.2, 0) is 4.79 Å². The van der Waals surface area contributed by atoms with E-state index in [1.807, 2.05) is 6.07 Å². The van der Waals surface area contributed by atoms with Gasteiger partial charge in [-0.05, 0) is 43.2 Å². The maximum Gasteiger partial charge on any atom is 0.223 e. The molecule has 0 bridgehead atoms. The molecule has 1 aliphatic heterocycles. The minimum atomic E-state index is -0.241. The molecule has 2 aromatic heterocycles. The van der Waals surface area contributed by atoms with Crippen LogP contribution in [0.1, 0.15) is 46.0 Å². The number of hydrogen-bond donors (Lipinski definition) is 1. The predicted octanol–water partition coefficient (Wildman–Crippen LogP) is 5.14. The molecule has 1 saturated heterocycles. The lowest BCUT2D eigenvalue weighted by atomic mass is 9.78. The molecule has 1 aromatic carbocycles. The van der Waals surface area contributed by atoms with E-state index in [-0.39, 0.29) is 17.6 Å². The fraction of sp³-hybridized carbons (Fsp3) is 0.542. The van der Waals surface area contributed by atoms with Gasteiger partial charge in [-0.25, -0.2) is 14.4 Å². The third-order valence-corrected chi connectivity index (χ3v) is 8.55. The molecule has 3 atom stereocenters. The summed E-state index contributed by atoms with van der Waals surface area (Å²) in [5.74, 6) is 2.10. The normalized spacial score (nSPS) is 25.3. The second kappa shape index (κ2) is 8.34. The largest absolute Gasteiger partial charge is 0.355 e. The Hall–Kier alpha value is -2.28. The van der Waals surface area contributed by atoms with Gasteiger partial charge in [0.15, 0.2) is 0 Å². The number of thiophene rings is 1. The summed E-state index contributed by atoms with van der Waals surface area (Å²) >= 11 is 1.54. The molecule has 164 valence electrons. The molecule has 3 heterocycles. The molecule has 7 heteroatoms. The van der Waals surface area contributed by atoms with Gasteiger partial charge in [0, 0.05) is 29.7 Å². The number of anilines is 1. The van der Waals surface area contributed by atoms with E-state index in [0.29, 0.717) is 28.8 Å². The number of hydrogen-bond acceptors (Lipinski definition) is 5. The summed E-state index contributed by atoms with van der Waals surface area (Å²) in [6.45, 7) is 6.12. The molecular formula is C24H29FN4OS. The van der Waals surface area contributed by atoms with Gasteiger partial charge in [0.25, 0.3) is 0 Å². The number of nitrogens with one attached hydrogen (secondary N) is 1. The van der Waals surface area contributed by atoms with Crippen molar-refractivity contribution < 1.29 is 9.18 Å². The zero-order valence-electron chi connectivity index (χ0n) is 18.1. The van der Waals surface area contributed by atoms with Crippen molar-refractivity contribution in [1.29, 1.82) is 0 Å². The number of carbonyl (C=O) groups excluding carboxylic acids is 1. The molecule has 2 aliphatic rings. The number of amides is 1. The summed E-state index contributed by atoms with van der Waals surface area (Å²) in [7, 11) is 0. The highest BCUT2D eigenvalue weighted by molar-refractivity contribution is 7.26. The SMILES string of the molecule is CC1CCCC(NC(=O)C2CCN(c3ncnc4c3sc3cccc(F)c34)CC2)C1C. The smallest absolute Gasteiger partial charge is 0.223 e. The van der Waals surface area contributed by atoms with E-state index in [1.165, 1.54) is 25.2 Å². The monoisotopic (exact) mass is 440 g/mol. The lowest BCUT2D eigenvalue weighted by molar-refractivity contribution is -0.127. The predicted molar refractivity (Wildman–Crippen MR) is 124 cm³/mol. The van der Waals surface area contributed by atoms with E-state index in [0.717, 1.165) is 47.6 Å². The molecule has 1 amide bonds. The Bertz CT molecular complexity index is 1110. The van der Waals surface area contributed by atoms with Crippen molar-refractivity contribution in [2.45, 2.75) is 52.0 Å². The van der Waals surface area contributed by atoms with E-state index in [4.69, 9.17) is 0 Å². The molecule has 3 unspecified atom stereocenters. The number of aromatic nitrogens is 2. The van der Waals surface area contributed by atoms with Crippen LogP contribution in [0.5, 0.6) is 0 Å². The quantitative estimate of drug-likeness (QED) is 0.613. The molecular weight excluding hydrogens is 411 g/mol. The first-order chi connectivity index (χ1) is 15.0. The van der Waals surface area contributed by atoms with Crippen LogP contribution in [0.15, 0.2) is 24.5 Å². The van der Waals surface area contributed by atoms with Gasteiger partial charge in [-0.3, -0.25) is 4.79 Å². The minimum absolute atomic E-state index is 0.0536. The zero-order valence-corrected chi connectivity index (χ0v) is 18.9. The average Bonchev–Trinajstić information content (AvgIpc) is 3.17. The minimum Gasteiger partial charge on any atom is -0.355 e. The lowest BCUT2D eigenvalue weighted by Crippen LogP contribution is -2.48. The lowest BCUT2D eigenvalue weighted by Gasteiger charge is -2.37. The molecule has 1 N–H and O–H groups in total. The third kappa shape index (κ3) is 3.77. The van der Waals surface area contributed by atoms with E-state index in [9.17, 15) is 9.18 Å². The van der Waals surface area contributed by atoms with Gasteiger partial charge >= 0.3 is 0 Å². The van der Waals surface area contributed by atoms with Gasteiger partial charge in [0.2, 0.25) is 5.91 Å². The van der Waals surface area contributed by atoms with Crippen LogP contribution in [0.4, 0.5) is 10.2 Å².